The zero-order chi connectivity index (χ0) is 19.3. The molecular formula is C19H23N3O3S2. The van der Waals surface area contributed by atoms with Gasteiger partial charge < -0.3 is 0 Å². The fourth-order valence-electron chi connectivity index (χ4n) is 2.91. The third-order valence-electron chi connectivity index (χ3n) is 4.36. The summed E-state index contributed by atoms with van der Waals surface area (Å²) in [4.78, 5) is 16.4. The van der Waals surface area contributed by atoms with Crippen molar-refractivity contribution < 1.29 is 13.2 Å². The van der Waals surface area contributed by atoms with Gasteiger partial charge in [-0.2, -0.15) is 4.31 Å². The Morgan fingerprint density at radius 1 is 1.15 bits per heavy atom. The third-order valence-corrected chi connectivity index (χ3v) is 7.15. The Hall–Kier alpha value is -2.03. The number of anilines is 1. The number of thiazole rings is 1. The lowest BCUT2D eigenvalue weighted by atomic mass is 10.2. The van der Waals surface area contributed by atoms with E-state index >= 15 is 0 Å². The van der Waals surface area contributed by atoms with Gasteiger partial charge in [0, 0.05) is 24.5 Å². The third kappa shape index (κ3) is 5.24. The van der Waals surface area contributed by atoms with Crippen molar-refractivity contribution in [1.82, 2.24) is 9.29 Å². The Kier molecular flexibility index (Phi) is 6.41. The number of benzene rings is 1. The molecule has 1 amide bonds. The number of carbonyl (C=O) groups is 1. The summed E-state index contributed by atoms with van der Waals surface area (Å²) in [5.74, 6) is -0.273. The maximum Gasteiger partial charge on any atom is 0.250 e. The van der Waals surface area contributed by atoms with Crippen LogP contribution in [-0.4, -0.2) is 36.7 Å². The summed E-state index contributed by atoms with van der Waals surface area (Å²) < 4.78 is 27.1. The highest BCUT2D eigenvalue weighted by Gasteiger charge is 2.24. The number of sulfonamides is 1. The molecule has 27 heavy (non-hydrogen) atoms. The van der Waals surface area contributed by atoms with Gasteiger partial charge in [-0.05, 0) is 43.5 Å². The lowest BCUT2D eigenvalue weighted by molar-refractivity contribution is -0.111. The van der Waals surface area contributed by atoms with E-state index in [1.165, 1.54) is 17.4 Å². The normalized spacial score (nSPS) is 16.3. The number of amides is 1. The number of hydrogen-bond acceptors (Lipinski definition) is 5. The van der Waals surface area contributed by atoms with Crippen LogP contribution in [0.4, 0.5) is 5.13 Å². The van der Waals surface area contributed by atoms with Crippen LogP contribution in [0.2, 0.25) is 0 Å². The molecule has 0 atom stereocenters. The fraction of sp³-hybridized carbons (Fsp3) is 0.368. The molecule has 0 saturated carbocycles. The van der Waals surface area contributed by atoms with E-state index in [2.05, 4.69) is 10.3 Å². The van der Waals surface area contributed by atoms with Crippen molar-refractivity contribution in [1.29, 1.82) is 0 Å². The van der Waals surface area contributed by atoms with Gasteiger partial charge in [0.05, 0.1) is 10.6 Å². The zero-order valence-electron chi connectivity index (χ0n) is 15.2. The zero-order valence-corrected chi connectivity index (χ0v) is 16.9. The highest BCUT2D eigenvalue weighted by molar-refractivity contribution is 7.89. The second-order valence-electron chi connectivity index (χ2n) is 6.50. The molecule has 1 aliphatic heterocycles. The molecule has 0 spiro atoms. The van der Waals surface area contributed by atoms with E-state index < -0.39 is 10.0 Å². The Morgan fingerprint density at radius 3 is 2.41 bits per heavy atom. The van der Waals surface area contributed by atoms with E-state index in [1.54, 1.807) is 34.6 Å². The fourth-order valence-corrected chi connectivity index (χ4v) is 5.12. The highest BCUT2D eigenvalue weighted by Crippen LogP contribution is 2.21. The molecule has 8 heteroatoms. The molecule has 2 heterocycles. The first-order chi connectivity index (χ1) is 12.9. The largest absolute Gasteiger partial charge is 0.298 e. The number of nitrogens with zero attached hydrogens (tertiary/aromatic N) is 2. The minimum Gasteiger partial charge on any atom is -0.298 e. The maximum absolute atomic E-state index is 12.8. The minimum atomic E-state index is -3.45. The van der Waals surface area contributed by atoms with Crippen LogP contribution in [0.1, 0.15) is 36.9 Å². The molecule has 6 nitrogen and oxygen atoms in total. The molecule has 1 aliphatic rings. The summed E-state index contributed by atoms with van der Waals surface area (Å²) in [6.45, 7) is 3.03. The van der Waals surface area contributed by atoms with E-state index in [0.29, 0.717) is 23.1 Å². The monoisotopic (exact) mass is 405 g/mol. The van der Waals surface area contributed by atoms with Crippen LogP contribution in [-0.2, 0) is 14.8 Å². The number of rotatable bonds is 5. The SMILES string of the molecule is Cc1csc(NC(=O)/C=C/c2ccc(S(=O)(=O)N3CCCCCC3)cc2)n1. The van der Waals surface area contributed by atoms with Crippen LogP contribution >= 0.6 is 11.3 Å². The summed E-state index contributed by atoms with van der Waals surface area (Å²) in [5, 5.41) is 5.12. The lowest BCUT2D eigenvalue weighted by Gasteiger charge is -2.19. The molecule has 0 aliphatic carbocycles. The topological polar surface area (TPSA) is 79.4 Å². The van der Waals surface area contributed by atoms with Crippen LogP contribution < -0.4 is 5.32 Å². The van der Waals surface area contributed by atoms with E-state index in [-0.39, 0.29) is 5.91 Å². The predicted molar refractivity (Wildman–Crippen MR) is 108 cm³/mol. The van der Waals surface area contributed by atoms with E-state index in [1.807, 2.05) is 12.3 Å². The van der Waals surface area contributed by atoms with Crippen molar-refractivity contribution in [2.45, 2.75) is 37.5 Å². The minimum absolute atomic E-state index is 0.273. The number of nitrogens with one attached hydrogen (secondary N) is 1. The van der Waals surface area contributed by atoms with Gasteiger partial charge in [0.15, 0.2) is 5.13 Å². The quantitative estimate of drug-likeness (QED) is 0.770. The molecule has 1 aromatic carbocycles. The summed E-state index contributed by atoms with van der Waals surface area (Å²) in [7, 11) is -3.45. The summed E-state index contributed by atoms with van der Waals surface area (Å²) in [5.41, 5.74) is 1.62. The Morgan fingerprint density at radius 2 is 1.81 bits per heavy atom. The van der Waals surface area contributed by atoms with E-state index in [0.717, 1.165) is 36.9 Å². The first kappa shape index (κ1) is 19.7. The molecule has 0 unspecified atom stereocenters. The second kappa shape index (κ2) is 8.77. The van der Waals surface area contributed by atoms with Gasteiger partial charge in [0.2, 0.25) is 15.9 Å². The maximum atomic E-state index is 12.8. The molecule has 144 valence electrons. The number of hydrogen-bond donors (Lipinski definition) is 1. The Bertz CT molecular complexity index is 910. The van der Waals surface area contributed by atoms with Gasteiger partial charge in [0.25, 0.3) is 0 Å². The van der Waals surface area contributed by atoms with Gasteiger partial charge in [-0.1, -0.05) is 25.0 Å². The van der Waals surface area contributed by atoms with Crippen molar-refractivity contribution in [2.24, 2.45) is 0 Å². The molecule has 1 saturated heterocycles. The smallest absolute Gasteiger partial charge is 0.250 e. The van der Waals surface area contributed by atoms with Crippen LogP contribution in [0.3, 0.4) is 0 Å². The Balaban J connectivity index is 1.64. The summed E-state index contributed by atoms with van der Waals surface area (Å²) >= 11 is 1.37. The molecule has 1 N–H and O–H groups in total. The number of aryl methyl sites for hydroxylation is 1. The van der Waals surface area contributed by atoms with Gasteiger partial charge >= 0.3 is 0 Å². The molecule has 0 bridgehead atoms. The molecule has 1 fully saturated rings. The average Bonchev–Trinajstić information content (AvgIpc) is 2.88. The number of carbonyl (C=O) groups excluding carboxylic acids is 1. The number of aromatic nitrogens is 1. The molecule has 2 aromatic rings. The van der Waals surface area contributed by atoms with Gasteiger partial charge in [-0.15, -0.1) is 11.3 Å². The molecule has 1 aromatic heterocycles. The second-order valence-corrected chi connectivity index (χ2v) is 9.30. The summed E-state index contributed by atoms with van der Waals surface area (Å²) in [6.07, 6.45) is 7.05. The molecular weight excluding hydrogens is 382 g/mol. The van der Waals surface area contributed by atoms with Crippen molar-refractivity contribution >= 4 is 38.5 Å². The molecule has 0 radical (unpaired) electrons. The summed E-state index contributed by atoms with van der Waals surface area (Å²) in [6, 6.07) is 6.62. The van der Waals surface area contributed by atoms with E-state index in [9.17, 15) is 13.2 Å². The van der Waals surface area contributed by atoms with Crippen molar-refractivity contribution in [3.05, 3.63) is 47.0 Å². The van der Waals surface area contributed by atoms with E-state index in [4.69, 9.17) is 0 Å². The van der Waals surface area contributed by atoms with Crippen molar-refractivity contribution in [2.75, 3.05) is 18.4 Å². The first-order valence-electron chi connectivity index (χ1n) is 8.96. The van der Waals surface area contributed by atoms with Crippen LogP contribution in [0.25, 0.3) is 6.08 Å². The van der Waals surface area contributed by atoms with Crippen LogP contribution in [0.15, 0.2) is 40.6 Å². The Labute approximate surface area is 164 Å². The predicted octanol–water partition coefficient (Wildman–Crippen LogP) is 3.67. The van der Waals surface area contributed by atoms with Crippen molar-refractivity contribution in [3.8, 4) is 0 Å². The first-order valence-corrected chi connectivity index (χ1v) is 11.3. The van der Waals surface area contributed by atoms with Crippen LogP contribution in [0, 0.1) is 6.92 Å². The lowest BCUT2D eigenvalue weighted by Crippen LogP contribution is -2.31. The molecule has 3 rings (SSSR count). The van der Waals surface area contributed by atoms with Gasteiger partial charge in [-0.25, -0.2) is 13.4 Å². The van der Waals surface area contributed by atoms with Gasteiger partial charge in [0.1, 0.15) is 0 Å². The van der Waals surface area contributed by atoms with Crippen molar-refractivity contribution in [3.63, 3.8) is 0 Å². The average molecular weight is 406 g/mol. The highest BCUT2D eigenvalue weighted by atomic mass is 32.2. The van der Waals surface area contributed by atoms with Gasteiger partial charge in [-0.3, -0.25) is 10.1 Å². The standard InChI is InChI=1S/C19H23N3O3S2/c1-15-14-26-19(20-15)21-18(23)11-8-16-6-9-17(10-7-16)27(24,25)22-12-4-2-3-5-13-22/h6-11,14H,2-5,12-13H2,1H3,(H,20,21,23)/b11-8+. The van der Waals surface area contributed by atoms with Crippen LogP contribution in [0.5, 0.6) is 0 Å².